The molecule has 0 saturated heterocycles. The normalized spacial score (nSPS) is 16.3. The molecule has 0 radical (unpaired) electrons. The number of rotatable bonds is 8. The molecule has 1 unspecified atom stereocenters. The van der Waals surface area contributed by atoms with Crippen LogP contribution < -0.4 is 10.6 Å². The number of furan rings is 1. The summed E-state index contributed by atoms with van der Waals surface area (Å²) in [6.45, 7) is 2.57. The Kier molecular flexibility index (Phi) is 6.76. The second-order valence-corrected chi connectivity index (χ2v) is 7.35. The van der Waals surface area contributed by atoms with Crippen LogP contribution in [-0.2, 0) is 37.3 Å². The number of aromatic nitrogens is 3. The summed E-state index contributed by atoms with van der Waals surface area (Å²) in [5.41, 5.74) is 1.18. The first kappa shape index (κ1) is 20.2. The molecule has 0 fully saturated rings. The third-order valence-corrected chi connectivity index (χ3v) is 5.02. The Bertz CT molecular complexity index is 936. The largest absolute Gasteiger partial charge is 0.469 e. The Morgan fingerprint density at radius 1 is 1.27 bits per heavy atom. The number of fused-ring (bicyclic) bond motifs is 1. The second kappa shape index (κ2) is 10.1. The number of methoxy groups -OCH3 is 1. The van der Waals surface area contributed by atoms with Gasteiger partial charge in [-0.1, -0.05) is 30.3 Å². The molecule has 0 bridgehead atoms. The Labute approximate surface area is 176 Å². The minimum absolute atomic E-state index is 0.236. The monoisotopic (exact) mass is 408 g/mol. The predicted octanol–water partition coefficient (Wildman–Crippen LogP) is 2.31. The number of benzene rings is 1. The third kappa shape index (κ3) is 5.48. The maximum Gasteiger partial charge on any atom is 0.191 e. The molecule has 1 aromatic carbocycles. The lowest BCUT2D eigenvalue weighted by molar-refractivity contribution is 0.177. The molecule has 2 N–H and O–H groups in total. The van der Waals surface area contributed by atoms with Crippen molar-refractivity contribution < 1.29 is 9.15 Å². The molecular weight excluding hydrogens is 380 g/mol. The van der Waals surface area contributed by atoms with Crippen LogP contribution in [0.15, 0.2) is 58.1 Å². The Morgan fingerprint density at radius 2 is 2.17 bits per heavy atom. The molecule has 8 heteroatoms. The number of nitrogens with zero attached hydrogens (tertiary/aromatic N) is 4. The van der Waals surface area contributed by atoms with Crippen molar-refractivity contribution in [3.63, 3.8) is 0 Å². The average molecular weight is 409 g/mol. The zero-order chi connectivity index (χ0) is 20.6. The summed E-state index contributed by atoms with van der Waals surface area (Å²) in [7, 11) is 1.66. The smallest absolute Gasteiger partial charge is 0.191 e. The van der Waals surface area contributed by atoms with Crippen molar-refractivity contribution in [3.8, 4) is 0 Å². The van der Waals surface area contributed by atoms with Gasteiger partial charge >= 0.3 is 0 Å². The number of hydrogen-bond donors (Lipinski definition) is 2. The molecule has 158 valence electrons. The molecule has 0 aliphatic carbocycles. The molecule has 0 amide bonds. The van der Waals surface area contributed by atoms with Crippen LogP contribution in [0.2, 0.25) is 0 Å². The minimum Gasteiger partial charge on any atom is -0.469 e. The predicted molar refractivity (Wildman–Crippen MR) is 114 cm³/mol. The highest BCUT2D eigenvalue weighted by Gasteiger charge is 2.22. The summed E-state index contributed by atoms with van der Waals surface area (Å²) < 4.78 is 12.6. The van der Waals surface area contributed by atoms with Crippen molar-refractivity contribution in [2.24, 2.45) is 4.99 Å². The molecule has 1 aliphatic rings. The van der Waals surface area contributed by atoms with Gasteiger partial charge in [-0.15, -0.1) is 0 Å². The van der Waals surface area contributed by atoms with E-state index < -0.39 is 0 Å². The van der Waals surface area contributed by atoms with Gasteiger partial charge in [0.05, 0.1) is 19.4 Å². The van der Waals surface area contributed by atoms with Crippen LogP contribution in [-0.4, -0.2) is 40.4 Å². The van der Waals surface area contributed by atoms with Crippen molar-refractivity contribution in [2.45, 2.75) is 45.0 Å². The van der Waals surface area contributed by atoms with Gasteiger partial charge in [-0.05, 0) is 24.1 Å². The highest BCUT2D eigenvalue weighted by Crippen LogP contribution is 2.13. The summed E-state index contributed by atoms with van der Waals surface area (Å²) in [4.78, 5) is 9.35. The zero-order valence-corrected chi connectivity index (χ0v) is 17.3. The summed E-state index contributed by atoms with van der Waals surface area (Å²) >= 11 is 0. The molecule has 0 spiro atoms. The first-order chi connectivity index (χ1) is 14.8. The quantitative estimate of drug-likeness (QED) is 0.439. The van der Waals surface area contributed by atoms with Crippen molar-refractivity contribution in [1.29, 1.82) is 0 Å². The molecule has 30 heavy (non-hydrogen) atoms. The number of hydrogen-bond acceptors (Lipinski definition) is 5. The van der Waals surface area contributed by atoms with Gasteiger partial charge in [0, 0.05) is 32.5 Å². The van der Waals surface area contributed by atoms with Crippen molar-refractivity contribution in [2.75, 3.05) is 13.7 Å². The van der Waals surface area contributed by atoms with E-state index in [1.54, 1.807) is 13.4 Å². The molecule has 8 nitrogen and oxygen atoms in total. The topological polar surface area (TPSA) is 89.5 Å². The molecule has 3 heterocycles. The van der Waals surface area contributed by atoms with Gasteiger partial charge in [-0.3, -0.25) is 0 Å². The molecule has 4 rings (SSSR count). The van der Waals surface area contributed by atoms with E-state index in [1.807, 2.05) is 35.0 Å². The SMILES string of the molecule is COCc1nc2n(n1)CC(NC(=NCc1ccccc1)NCCc1ccco1)CC2. The third-order valence-electron chi connectivity index (χ3n) is 5.02. The molecule has 1 atom stereocenters. The van der Waals surface area contributed by atoms with Gasteiger partial charge in [0.25, 0.3) is 0 Å². The van der Waals surface area contributed by atoms with E-state index >= 15 is 0 Å². The highest BCUT2D eigenvalue weighted by molar-refractivity contribution is 5.80. The fraction of sp³-hybridized carbons (Fsp3) is 0.409. The van der Waals surface area contributed by atoms with E-state index in [9.17, 15) is 0 Å². The lowest BCUT2D eigenvalue weighted by Crippen LogP contribution is -2.47. The van der Waals surface area contributed by atoms with Crippen LogP contribution in [0.3, 0.4) is 0 Å². The van der Waals surface area contributed by atoms with E-state index in [2.05, 4.69) is 32.8 Å². The zero-order valence-electron chi connectivity index (χ0n) is 17.3. The van der Waals surface area contributed by atoms with Crippen LogP contribution in [0.5, 0.6) is 0 Å². The van der Waals surface area contributed by atoms with Gasteiger partial charge in [0.15, 0.2) is 11.8 Å². The number of ether oxygens (including phenoxy) is 1. The number of aryl methyl sites for hydroxylation is 1. The molecule has 3 aromatic rings. The molecular formula is C22H28N6O2. The van der Waals surface area contributed by atoms with E-state index in [4.69, 9.17) is 14.1 Å². The van der Waals surface area contributed by atoms with Crippen LogP contribution in [0.4, 0.5) is 0 Å². The van der Waals surface area contributed by atoms with Crippen LogP contribution in [0.25, 0.3) is 0 Å². The van der Waals surface area contributed by atoms with Gasteiger partial charge in [-0.25, -0.2) is 14.7 Å². The number of nitrogens with one attached hydrogen (secondary N) is 2. The molecule has 1 aliphatic heterocycles. The van der Waals surface area contributed by atoms with Gasteiger partial charge in [-0.2, -0.15) is 5.10 Å². The van der Waals surface area contributed by atoms with E-state index in [1.165, 1.54) is 5.56 Å². The van der Waals surface area contributed by atoms with E-state index in [0.29, 0.717) is 13.2 Å². The standard InChI is InChI=1S/C22H28N6O2/c1-29-16-20-26-21-10-9-18(15-28(21)27-20)25-22(23-12-11-19-8-5-13-30-19)24-14-17-6-3-2-4-7-17/h2-8,13,18H,9-12,14-16H2,1H3,(H2,23,24,25). The van der Waals surface area contributed by atoms with Gasteiger partial charge in [0.2, 0.25) is 0 Å². The van der Waals surface area contributed by atoms with E-state index in [-0.39, 0.29) is 6.04 Å². The maximum absolute atomic E-state index is 5.43. The lowest BCUT2D eigenvalue weighted by atomic mass is 10.1. The first-order valence-electron chi connectivity index (χ1n) is 10.3. The number of guanidine groups is 1. The Balaban J connectivity index is 1.39. The summed E-state index contributed by atoms with van der Waals surface area (Å²) in [6, 6.07) is 14.4. The van der Waals surface area contributed by atoms with Crippen molar-refractivity contribution in [3.05, 3.63) is 71.7 Å². The number of aliphatic imine (C=N–C) groups is 1. The van der Waals surface area contributed by atoms with Crippen molar-refractivity contribution in [1.82, 2.24) is 25.4 Å². The summed E-state index contributed by atoms with van der Waals surface area (Å²) in [5, 5.41) is 11.6. The first-order valence-corrected chi connectivity index (χ1v) is 10.3. The van der Waals surface area contributed by atoms with Gasteiger partial charge < -0.3 is 19.8 Å². The molecule has 0 saturated carbocycles. The average Bonchev–Trinajstić information content (AvgIpc) is 3.42. The van der Waals surface area contributed by atoms with Crippen LogP contribution >= 0.6 is 0 Å². The van der Waals surface area contributed by atoms with Crippen LogP contribution in [0, 0.1) is 0 Å². The second-order valence-electron chi connectivity index (χ2n) is 7.35. The highest BCUT2D eigenvalue weighted by atomic mass is 16.5. The van der Waals surface area contributed by atoms with Crippen LogP contribution in [0.1, 0.15) is 29.4 Å². The summed E-state index contributed by atoms with van der Waals surface area (Å²) in [5.74, 6) is 3.52. The van der Waals surface area contributed by atoms with E-state index in [0.717, 1.165) is 55.7 Å². The lowest BCUT2D eigenvalue weighted by Gasteiger charge is -2.25. The summed E-state index contributed by atoms with van der Waals surface area (Å²) in [6.07, 6.45) is 4.37. The van der Waals surface area contributed by atoms with Gasteiger partial charge in [0.1, 0.15) is 18.2 Å². The Hall–Kier alpha value is -3.13. The fourth-order valence-corrected chi connectivity index (χ4v) is 3.53. The Morgan fingerprint density at radius 3 is 2.97 bits per heavy atom. The van der Waals surface area contributed by atoms with Crippen molar-refractivity contribution >= 4 is 5.96 Å². The maximum atomic E-state index is 5.43. The fourth-order valence-electron chi connectivity index (χ4n) is 3.53. The minimum atomic E-state index is 0.236. The molecule has 2 aromatic heterocycles.